The van der Waals surface area contributed by atoms with Crippen molar-refractivity contribution in [1.82, 2.24) is 10.2 Å². The van der Waals surface area contributed by atoms with Crippen molar-refractivity contribution in [2.45, 2.75) is 44.6 Å². The Bertz CT molecular complexity index is 638. The molecule has 5 nitrogen and oxygen atoms in total. The van der Waals surface area contributed by atoms with E-state index in [1.165, 1.54) is 19.3 Å². The Labute approximate surface area is 154 Å². The van der Waals surface area contributed by atoms with Gasteiger partial charge in [0.15, 0.2) is 0 Å². The lowest BCUT2D eigenvalue weighted by Crippen LogP contribution is -2.38. The van der Waals surface area contributed by atoms with E-state index in [9.17, 15) is 9.59 Å². The Kier molecular flexibility index (Phi) is 5.97. The Morgan fingerprint density at radius 3 is 2.60 bits per heavy atom. The fraction of sp³-hybridized carbons (Fsp3) is 0.579. The van der Waals surface area contributed by atoms with Gasteiger partial charge in [-0.3, -0.25) is 9.59 Å². The summed E-state index contributed by atoms with van der Waals surface area (Å²) in [6.45, 7) is 1.59. The van der Waals surface area contributed by atoms with E-state index in [4.69, 9.17) is 11.6 Å². The molecule has 1 unspecified atom stereocenters. The van der Waals surface area contributed by atoms with Gasteiger partial charge in [-0.25, -0.2) is 0 Å². The third-order valence-corrected chi connectivity index (χ3v) is 5.65. The third-order valence-electron chi connectivity index (χ3n) is 5.34. The Morgan fingerprint density at radius 2 is 1.96 bits per heavy atom. The van der Waals surface area contributed by atoms with Crippen LogP contribution in [0.1, 0.15) is 48.9 Å². The lowest BCUT2D eigenvalue weighted by molar-refractivity contribution is -0.119. The minimum atomic E-state index is -0.0465. The van der Waals surface area contributed by atoms with Gasteiger partial charge >= 0.3 is 0 Å². The quantitative estimate of drug-likeness (QED) is 0.862. The number of carbonyl (C=O) groups excluding carboxylic acids is 2. The first kappa shape index (κ1) is 18.2. The largest absolute Gasteiger partial charge is 0.339 e. The zero-order chi connectivity index (χ0) is 17.8. The van der Waals surface area contributed by atoms with Crippen LogP contribution in [0.4, 0.5) is 5.69 Å². The van der Waals surface area contributed by atoms with Gasteiger partial charge in [0.1, 0.15) is 0 Å². The Balaban J connectivity index is 1.66. The number of hydrogen-bond acceptors (Lipinski definition) is 3. The number of benzene rings is 1. The molecule has 1 heterocycles. The van der Waals surface area contributed by atoms with Gasteiger partial charge in [0.2, 0.25) is 5.91 Å². The molecule has 1 aromatic rings. The predicted molar refractivity (Wildman–Crippen MR) is 100 cm³/mol. The van der Waals surface area contributed by atoms with E-state index in [2.05, 4.69) is 10.6 Å². The number of anilines is 1. The normalized spacial score (nSPS) is 21.1. The Hall–Kier alpha value is -1.59. The molecule has 3 rings (SSSR count). The predicted octanol–water partition coefficient (Wildman–Crippen LogP) is 3.29. The van der Waals surface area contributed by atoms with Crippen molar-refractivity contribution >= 4 is 29.1 Å². The van der Waals surface area contributed by atoms with E-state index in [0.717, 1.165) is 25.8 Å². The van der Waals surface area contributed by atoms with Crippen LogP contribution >= 0.6 is 11.6 Å². The summed E-state index contributed by atoms with van der Waals surface area (Å²) in [4.78, 5) is 26.8. The summed E-state index contributed by atoms with van der Waals surface area (Å²) in [5.74, 6) is -0.0493. The molecule has 2 aliphatic rings. The second-order valence-corrected chi connectivity index (χ2v) is 7.49. The molecule has 0 bridgehead atoms. The minimum absolute atomic E-state index is 0.000494. The number of rotatable bonds is 4. The first-order chi connectivity index (χ1) is 12.1. The molecule has 1 aromatic carbocycles. The summed E-state index contributed by atoms with van der Waals surface area (Å²) >= 11 is 6.34. The molecule has 0 spiro atoms. The topological polar surface area (TPSA) is 61.4 Å². The van der Waals surface area contributed by atoms with Crippen molar-refractivity contribution in [2.75, 3.05) is 25.5 Å². The molecule has 2 fully saturated rings. The van der Waals surface area contributed by atoms with Crippen LogP contribution in [0.5, 0.6) is 0 Å². The van der Waals surface area contributed by atoms with Crippen LogP contribution < -0.4 is 10.6 Å². The second-order valence-electron chi connectivity index (χ2n) is 7.08. The monoisotopic (exact) mass is 363 g/mol. The van der Waals surface area contributed by atoms with E-state index in [-0.39, 0.29) is 17.7 Å². The standard InChI is InChI=1S/C19H26ClN3O2/c1-23(15-5-3-2-4-6-15)19(25)16-8-7-14(11-17(16)20)22-18(24)13-9-10-21-12-13/h7-8,11,13,15,21H,2-6,9-10,12H2,1H3,(H,22,24). The van der Waals surface area contributed by atoms with Crippen molar-refractivity contribution in [2.24, 2.45) is 5.92 Å². The second kappa shape index (κ2) is 8.19. The summed E-state index contributed by atoms with van der Waals surface area (Å²) in [5, 5.41) is 6.46. The highest BCUT2D eigenvalue weighted by Gasteiger charge is 2.25. The van der Waals surface area contributed by atoms with Gasteiger partial charge in [-0.05, 0) is 44.0 Å². The molecule has 0 radical (unpaired) electrons. The number of halogens is 1. The van der Waals surface area contributed by atoms with Crippen LogP contribution in [-0.4, -0.2) is 42.9 Å². The average Bonchev–Trinajstić information content (AvgIpc) is 3.16. The van der Waals surface area contributed by atoms with E-state index in [0.29, 0.717) is 28.9 Å². The third kappa shape index (κ3) is 4.33. The maximum absolute atomic E-state index is 12.8. The molecule has 136 valence electrons. The fourth-order valence-electron chi connectivity index (χ4n) is 3.71. The van der Waals surface area contributed by atoms with Gasteiger partial charge in [-0.2, -0.15) is 0 Å². The van der Waals surface area contributed by atoms with Crippen molar-refractivity contribution in [3.05, 3.63) is 28.8 Å². The fourth-order valence-corrected chi connectivity index (χ4v) is 3.97. The first-order valence-corrected chi connectivity index (χ1v) is 9.52. The van der Waals surface area contributed by atoms with Gasteiger partial charge in [0.05, 0.1) is 16.5 Å². The lowest BCUT2D eigenvalue weighted by atomic mass is 9.94. The van der Waals surface area contributed by atoms with Crippen molar-refractivity contribution in [1.29, 1.82) is 0 Å². The maximum Gasteiger partial charge on any atom is 0.255 e. The van der Waals surface area contributed by atoms with Crippen LogP contribution in [0, 0.1) is 5.92 Å². The van der Waals surface area contributed by atoms with Crippen molar-refractivity contribution in [3.8, 4) is 0 Å². The van der Waals surface area contributed by atoms with Crippen LogP contribution in [0.15, 0.2) is 18.2 Å². The lowest BCUT2D eigenvalue weighted by Gasteiger charge is -2.31. The highest BCUT2D eigenvalue weighted by molar-refractivity contribution is 6.34. The SMILES string of the molecule is CN(C(=O)c1ccc(NC(=O)C2CCNC2)cc1Cl)C1CCCCC1. The maximum atomic E-state index is 12.8. The number of hydrogen-bond donors (Lipinski definition) is 2. The zero-order valence-corrected chi connectivity index (χ0v) is 15.4. The highest BCUT2D eigenvalue weighted by atomic mass is 35.5. The van der Waals surface area contributed by atoms with Crippen molar-refractivity contribution in [3.63, 3.8) is 0 Å². The molecule has 1 saturated heterocycles. The molecule has 0 aromatic heterocycles. The summed E-state index contributed by atoms with van der Waals surface area (Å²) in [5.41, 5.74) is 1.13. The van der Waals surface area contributed by atoms with Crippen LogP contribution in [0.2, 0.25) is 5.02 Å². The van der Waals surface area contributed by atoms with Gasteiger partial charge in [0, 0.05) is 25.3 Å². The molecule has 1 aliphatic heterocycles. The van der Waals surface area contributed by atoms with Gasteiger partial charge in [-0.1, -0.05) is 30.9 Å². The molecule has 25 heavy (non-hydrogen) atoms. The zero-order valence-electron chi connectivity index (χ0n) is 14.7. The molecule has 1 saturated carbocycles. The van der Waals surface area contributed by atoms with Crippen LogP contribution in [0.3, 0.4) is 0 Å². The Morgan fingerprint density at radius 1 is 1.20 bits per heavy atom. The summed E-state index contributed by atoms with van der Waals surface area (Å²) in [6, 6.07) is 5.44. The number of nitrogens with one attached hydrogen (secondary N) is 2. The van der Waals surface area contributed by atoms with E-state index in [1.807, 2.05) is 11.9 Å². The summed E-state index contributed by atoms with van der Waals surface area (Å²) < 4.78 is 0. The number of amides is 2. The molecule has 1 atom stereocenters. The molecule has 1 aliphatic carbocycles. The first-order valence-electron chi connectivity index (χ1n) is 9.14. The smallest absolute Gasteiger partial charge is 0.255 e. The molecular weight excluding hydrogens is 338 g/mol. The van der Waals surface area contributed by atoms with Gasteiger partial charge in [-0.15, -0.1) is 0 Å². The number of carbonyl (C=O) groups is 2. The number of nitrogens with zero attached hydrogens (tertiary/aromatic N) is 1. The molecule has 6 heteroatoms. The van der Waals surface area contributed by atoms with E-state index in [1.54, 1.807) is 18.2 Å². The molecular formula is C19H26ClN3O2. The van der Waals surface area contributed by atoms with E-state index < -0.39 is 0 Å². The van der Waals surface area contributed by atoms with Gasteiger partial charge in [0.25, 0.3) is 5.91 Å². The van der Waals surface area contributed by atoms with E-state index >= 15 is 0 Å². The summed E-state index contributed by atoms with van der Waals surface area (Å²) in [6.07, 6.45) is 6.58. The van der Waals surface area contributed by atoms with Crippen LogP contribution in [-0.2, 0) is 4.79 Å². The highest BCUT2D eigenvalue weighted by Crippen LogP contribution is 2.27. The van der Waals surface area contributed by atoms with Gasteiger partial charge < -0.3 is 15.5 Å². The molecule has 2 N–H and O–H groups in total. The van der Waals surface area contributed by atoms with Crippen molar-refractivity contribution < 1.29 is 9.59 Å². The molecule has 2 amide bonds. The van der Waals surface area contributed by atoms with Crippen LogP contribution in [0.25, 0.3) is 0 Å². The average molecular weight is 364 g/mol. The summed E-state index contributed by atoms with van der Waals surface area (Å²) in [7, 11) is 1.86. The minimum Gasteiger partial charge on any atom is -0.339 e.